The van der Waals surface area contributed by atoms with Gasteiger partial charge in [-0.2, -0.15) is 0 Å². The van der Waals surface area contributed by atoms with Gasteiger partial charge in [-0.15, -0.1) is 11.3 Å². The Balaban J connectivity index is 1.37. The minimum Gasteiger partial charge on any atom is -0.328 e. The van der Waals surface area contributed by atoms with E-state index in [0.29, 0.717) is 0 Å². The fourth-order valence-corrected chi connectivity index (χ4v) is 5.01. The van der Waals surface area contributed by atoms with Gasteiger partial charge in [0.1, 0.15) is 0 Å². The lowest BCUT2D eigenvalue weighted by atomic mass is 9.86. The molecule has 138 valence electrons. The van der Waals surface area contributed by atoms with Crippen molar-refractivity contribution >= 4 is 22.4 Å². The van der Waals surface area contributed by atoms with Crippen LogP contribution in [-0.2, 0) is 24.3 Å². The highest BCUT2D eigenvalue weighted by Gasteiger charge is 2.27. The largest absolute Gasteiger partial charge is 0.328 e. The van der Waals surface area contributed by atoms with Crippen LogP contribution in [-0.4, -0.2) is 28.4 Å². The average Bonchev–Trinajstić information content (AvgIpc) is 3.04. The van der Waals surface area contributed by atoms with E-state index in [1.807, 2.05) is 0 Å². The third-order valence-corrected chi connectivity index (χ3v) is 6.37. The van der Waals surface area contributed by atoms with E-state index < -0.39 is 0 Å². The van der Waals surface area contributed by atoms with E-state index in [9.17, 15) is 4.79 Å². The minimum absolute atomic E-state index is 0.0363. The van der Waals surface area contributed by atoms with Gasteiger partial charge < -0.3 is 11.1 Å². The zero-order chi connectivity index (χ0) is 17.9. The Bertz CT molecular complexity index is 760. The summed E-state index contributed by atoms with van der Waals surface area (Å²) in [6.45, 7) is 2.88. The van der Waals surface area contributed by atoms with Gasteiger partial charge in [0.05, 0.1) is 5.69 Å². The SMILES string of the molecule is NC1CCCC(C(=O)Nc2nc3c(s2)CN(Cc2ccccc2)CC3)C1. The average molecular weight is 371 g/mol. The van der Waals surface area contributed by atoms with Gasteiger partial charge in [-0.1, -0.05) is 36.8 Å². The van der Waals surface area contributed by atoms with Crippen molar-refractivity contribution in [3.8, 4) is 0 Å². The Labute approximate surface area is 158 Å². The van der Waals surface area contributed by atoms with Crippen molar-refractivity contribution in [2.45, 2.75) is 51.2 Å². The maximum absolute atomic E-state index is 12.5. The summed E-state index contributed by atoms with van der Waals surface area (Å²) in [5.74, 6) is 0.127. The number of nitrogens with two attached hydrogens (primary N) is 1. The molecule has 1 fully saturated rings. The predicted octanol–water partition coefficient (Wildman–Crippen LogP) is 3.16. The molecular formula is C20H26N4OS. The van der Waals surface area contributed by atoms with Crippen molar-refractivity contribution in [2.24, 2.45) is 11.7 Å². The Morgan fingerprint density at radius 3 is 2.96 bits per heavy atom. The molecule has 1 aromatic heterocycles. The Morgan fingerprint density at radius 1 is 1.31 bits per heavy atom. The zero-order valence-electron chi connectivity index (χ0n) is 15.0. The summed E-state index contributed by atoms with van der Waals surface area (Å²) in [5, 5.41) is 3.80. The highest BCUT2D eigenvalue weighted by Crippen LogP contribution is 2.30. The number of carbonyl (C=O) groups excluding carboxylic acids is 1. The van der Waals surface area contributed by atoms with Gasteiger partial charge in [0, 0.05) is 42.9 Å². The van der Waals surface area contributed by atoms with Gasteiger partial charge in [0.15, 0.2) is 5.13 Å². The number of nitrogens with one attached hydrogen (secondary N) is 1. The number of nitrogens with zero attached hydrogens (tertiary/aromatic N) is 2. The van der Waals surface area contributed by atoms with Gasteiger partial charge in [0.2, 0.25) is 5.91 Å². The molecule has 2 heterocycles. The van der Waals surface area contributed by atoms with Gasteiger partial charge in [-0.05, 0) is 24.8 Å². The molecule has 2 unspecified atom stereocenters. The first-order valence-electron chi connectivity index (χ1n) is 9.48. The lowest BCUT2D eigenvalue weighted by molar-refractivity contribution is -0.120. The van der Waals surface area contributed by atoms with Crippen LogP contribution in [0.4, 0.5) is 5.13 Å². The van der Waals surface area contributed by atoms with Gasteiger partial charge in [0.25, 0.3) is 0 Å². The summed E-state index contributed by atoms with van der Waals surface area (Å²) in [6.07, 6.45) is 4.76. The molecule has 1 saturated carbocycles. The number of carbonyl (C=O) groups is 1. The fourth-order valence-electron chi connectivity index (χ4n) is 3.95. The fraction of sp³-hybridized carbons (Fsp3) is 0.500. The first-order valence-corrected chi connectivity index (χ1v) is 10.3. The third-order valence-electron chi connectivity index (χ3n) is 5.37. The van der Waals surface area contributed by atoms with Crippen LogP contribution in [0.3, 0.4) is 0 Å². The maximum Gasteiger partial charge on any atom is 0.229 e. The van der Waals surface area contributed by atoms with Crippen LogP contribution >= 0.6 is 11.3 Å². The molecule has 4 rings (SSSR count). The van der Waals surface area contributed by atoms with Crippen molar-refractivity contribution in [3.05, 3.63) is 46.5 Å². The standard InChI is InChI=1S/C20H26N4OS/c21-16-8-4-7-15(11-16)19(25)23-20-22-17-9-10-24(13-18(17)26-20)12-14-5-2-1-3-6-14/h1-3,5-6,15-16H,4,7-13,21H2,(H,22,23,25). The minimum atomic E-state index is 0.0363. The van der Waals surface area contributed by atoms with Crippen molar-refractivity contribution < 1.29 is 4.79 Å². The van der Waals surface area contributed by atoms with Gasteiger partial charge in [-0.25, -0.2) is 4.98 Å². The van der Waals surface area contributed by atoms with Crippen LogP contribution in [0.15, 0.2) is 30.3 Å². The lowest BCUT2D eigenvalue weighted by Gasteiger charge is -2.25. The Hall–Kier alpha value is -1.76. The van der Waals surface area contributed by atoms with E-state index >= 15 is 0 Å². The zero-order valence-corrected chi connectivity index (χ0v) is 15.8. The summed E-state index contributed by atoms with van der Waals surface area (Å²) in [4.78, 5) is 20.9. The summed E-state index contributed by atoms with van der Waals surface area (Å²) in [6, 6.07) is 10.7. The summed E-state index contributed by atoms with van der Waals surface area (Å²) >= 11 is 1.63. The van der Waals surface area contributed by atoms with Crippen LogP contribution in [0.1, 0.15) is 41.8 Å². The molecule has 5 nitrogen and oxygen atoms in total. The highest BCUT2D eigenvalue weighted by atomic mass is 32.1. The second-order valence-corrected chi connectivity index (χ2v) is 8.53. The third kappa shape index (κ3) is 4.14. The molecule has 2 aliphatic rings. The first-order chi connectivity index (χ1) is 12.7. The van der Waals surface area contributed by atoms with Crippen LogP contribution in [0.5, 0.6) is 0 Å². The van der Waals surface area contributed by atoms with Crippen molar-refractivity contribution in [3.63, 3.8) is 0 Å². The number of rotatable bonds is 4. The molecule has 1 aliphatic carbocycles. The molecule has 0 spiro atoms. The lowest BCUT2D eigenvalue weighted by Crippen LogP contribution is -2.34. The highest BCUT2D eigenvalue weighted by molar-refractivity contribution is 7.15. The van der Waals surface area contributed by atoms with Crippen LogP contribution in [0.25, 0.3) is 0 Å². The normalized spacial score (nSPS) is 23.4. The molecule has 0 saturated heterocycles. The van der Waals surface area contributed by atoms with E-state index in [4.69, 9.17) is 5.73 Å². The second kappa shape index (κ2) is 7.86. The van der Waals surface area contributed by atoms with Gasteiger partial charge >= 0.3 is 0 Å². The van der Waals surface area contributed by atoms with Crippen molar-refractivity contribution in [2.75, 3.05) is 11.9 Å². The summed E-state index contributed by atoms with van der Waals surface area (Å²) < 4.78 is 0. The predicted molar refractivity (Wildman–Crippen MR) is 105 cm³/mol. The van der Waals surface area contributed by atoms with E-state index in [-0.39, 0.29) is 17.9 Å². The van der Waals surface area contributed by atoms with Crippen molar-refractivity contribution in [1.82, 2.24) is 9.88 Å². The smallest absolute Gasteiger partial charge is 0.229 e. The second-order valence-electron chi connectivity index (χ2n) is 7.45. The summed E-state index contributed by atoms with van der Waals surface area (Å²) in [7, 11) is 0. The number of aromatic nitrogens is 1. The Morgan fingerprint density at radius 2 is 2.15 bits per heavy atom. The van der Waals surface area contributed by atoms with Crippen LogP contribution < -0.4 is 11.1 Å². The number of amides is 1. The van der Waals surface area contributed by atoms with Crippen molar-refractivity contribution in [1.29, 1.82) is 0 Å². The van der Waals surface area contributed by atoms with Gasteiger partial charge in [-0.3, -0.25) is 9.69 Å². The summed E-state index contributed by atoms with van der Waals surface area (Å²) in [5.41, 5.74) is 8.50. The number of anilines is 1. The number of benzene rings is 1. The monoisotopic (exact) mass is 370 g/mol. The number of fused-ring (bicyclic) bond motifs is 1. The van der Waals surface area contributed by atoms with Crippen LogP contribution in [0.2, 0.25) is 0 Å². The molecule has 6 heteroatoms. The van der Waals surface area contributed by atoms with E-state index in [1.165, 1.54) is 10.4 Å². The number of hydrogen-bond donors (Lipinski definition) is 2. The first kappa shape index (κ1) is 17.6. The van der Waals surface area contributed by atoms with Crippen LogP contribution in [0, 0.1) is 5.92 Å². The number of hydrogen-bond acceptors (Lipinski definition) is 5. The molecule has 2 aromatic rings. The number of thiazole rings is 1. The van der Waals surface area contributed by atoms with E-state index in [1.54, 1.807) is 11.3 Å². The quantitative estimate of drug-likeness (QED) is 0.867. The molecule has 1 aliphatic heterocycles. The molecule has 1 aromatic carbocycles. The topological polar surface area (TPSA) is 71.2 Å². The molecule has 2 atom stereocenters. The molecule has 1 amide bonds. The molecular weight excluding hydrogens is 344 g/mol. The molecule has 0 bridgehead atoms. The van der Waals surface area contributed by atoms with E-state index in [0.717, 1.165) is 62.6 Å². The maximum atomic E-state index is 12.5. The molecule has 26 heavy (non-hydrogen) atoms. The Kier molecular flexibility index (Phi) is 5.33. The molecule has 0 radical (unpaired) electrons. The van der Waals surface area contributed by atoms with E-state index in [2.05, 4.69) is 45.5 Å². The molecule has 3 N–H and O–H groups in total.